The van der Waals surface area contributed by atoms with E-state index in [2.05, 4.69) is 6.07 Å². The maximum atomic E-state index is 6.60. The summed E-state index contributed by atoms with van der Waals surface area (Å²) in [6, 6.07) is 7.85. The molecular weight excluding hydrogens is 544 g/mol. The van der Waals surface area contributed by atoms with Crippen molar-refractivity contribution >= 4 is 28.0 Å². The summed E-state index contributed by atoms with van der Waals surface area (Å²) in [6.07, 6.45) is 7.12. The molecule has 0 amide bonds. The zero-order chi connectivity index (χ0) is 28.5. The number of fused-ring (bicyclic) bond motifs is 6. The largest absolute Gasteiger partial charge is 0.483 e. The second-order valence-corrected chi connectivity index (χ2v) is 12.6. The van der Waals surface area contributed by atoms with E-state index in [9.17, 15) is 0 Å². The average molecular weight is 575 g/mol. The van der Waals surface area contributed by atoms with E-state index >= 15 is 0 Å². The van der Waals surface area contributed by atoms with E-state index in [0.717, 1.165) is 21.9 Å². The van der Waals surface area contributed by atoms with Crippen LogP contribution in [0.4, 0.5) is 0 Å². The van der Waals surface area contributed by atoms with Crippen LogP contribution in [-0.4, -0.2) is 48.6 Å². The molecule has 0 unspecified atom stereocenters. The Kier molecular flexibility index (Phi) is 4.74. The zero-order valence-electron chi connectivity index (χ0n) is 23.7. The number of benzene rings is 2. The molecule has 5 aliphatic heterocycles. The Morgan fingerprint density at radius 2 is 1.38 bits per heavy atom. The highest BCUT2D eigenvalue weighted by Gasteiger charge is 2.58. The molecule has 42 heavy (non-hydrogen) atoms. The quantitative estimate of drug-likeness (QED) is 0.246. The summed E-state index contributed by atoms with van der Waals surface area (Å²) < 4.78 is 64.0. The fourth-order valence-electron chi connectivity index (χ4n) is 6.56. The Hall–Kier alpha value is -3.70. The second-order valence-electron chi connectivity index (χ2n) is 12.6. The van der Waals surface area contributed by atoms with E-state index < -0.39 is 35.4 Å². The van der Waals surface area contributed by atoms with Gasteiger partial charge < -0.3 is 46.7 Å². The lowest BCUT2D eigenvalue weighted by Gasteiger charge is -2.35. The second kappa shape index (κ2) is 8.02. The minimum atomic E-state index is -1.49. The molecule has 2 aromatic heterocycles. The van der Waals surface area contributed by atoms with E-state index in [4.69, 9.17) is 46.7 Å². The van der Waals surface area contributed by atoms with Crippen LogP contribution in [0, 0.1) is 0 Å². The lowest BCUT2D eigenvalue weighted by Crippen LogP contribution is -2.42. The Bertz CT molecular complexity index is 1800. The fraction of sp³-hybridized carbons (Fsp3) is 0.438. The topological polar surface area (TPSA) is 100 Å². The summed E-state index contributed by atoms with van der Waals surface area (Å²) in [5, 5.41) is 1.80. The van der Waals surface area contributed by atoms with Crippen LogP contribution in [-0.2, 0) is 25.4 Å². The number of aryl methyl sites for hydroxylation is 1. The molecule has 4 aromatic rings. The van der Waals surface area contributed by atoms with Gasteiger partial charge in [0.1, 0.15) is 25.4 Å². The smallest absolute Gasteiger partial charge is 0.350 e. The van der Waals surface area contributed by atoms with E-state index in [1.165, 1.54) is 0 Å². The van der Waals surface area contributed by atoms with Crippen molar-refractivity contribution in [2.45, 2.75) is 75.9 Å². The van der Waals surface area contributed by atoms with Crippen molar-refractivity contribution in [2.24, 2.45) is 0 Å². The van der Waals surface area contributed by atoms with Crippen LogP contribution in [0.3, 0.4) is 0 Å². The van der Waals surface area contributed by atoms with Gasteiger partial charge in [0.2, 0.25) is 11.5 Å². The number of furan rings is 2. The van der Waals surface area contributed by atoms with E-state index in [-0.39, 0.29) is 13.2 Å². The molecule has 6 bridgehead atoms. The van der Waals surface area contributed by atoms with Gasteiger partial charge in [0.15, 0.2) is 22.7 Å². The summed E-state index contributed by atoms with van der Waals surface area (Å²) >= 11 is 0. The summed E-state index contributed by atoms with van der Waals surface area (Å²) in [5.41, 5.74) is 1.40. The van der Waals surface area contributed by atoms with Gasteiger partial charge >= 0.3 is 11.9 Å². The number of hydrogen-bond acceptors (Lipinski definition) is 10. The van der Waals surface area contributed by atoms with Crippen molar-refractivity contribution in [2.75, 3.05) is 13.2 Å². The van der Waals surface area contributed by atoms with Crippen molar-refractivity contribution < 1.29 is 46.7 Å². The standard InChI is InChI=1S/C32H30O10/c1-29(2)21-15-35-27-23-19(7-11-33-23)14-18-6-10-32(40-26(18)27)38-22(30(3,4)42-32)16-36-28-24-20(8-12-34-24)13-17-5-9-31(37-21,41-29)39-25(17)28/h5,7-9,11-14,21-22H,6,10,15-16H2,1-4H3/t21-,22-,31+,32-/m1/s1. The molecule has 2 saturated heterocycles. The van der Waals surface area contributed by atoms with Gasteiger partial charge in [-0.05, 0) is 70.0 Å². The van der Waals surface area contributed by atoms with Crippen molar-refractivity contribution in [1.29, 1.82) is 0 Å². The van der Waals surface area contributed by atoms with Gasteiger partial charge in [0, 0.05) is 28.8 Å². The molecule has 4 atom stereocenters. The minimum Gasteiger partial charge on any atom is -0.483 e. The molecule has 218 valence electrons. The molecule has 5 aliphatic rings. The minimum absolute atomic E-state index is 0.137. The summed E-state index contributed by atoms with van der Waals surface area (Å²) in [4.78, 5) is 0. The highest BCUT2D eigenvalue weighted by Crippen LogP contribution is 2.52. The van der Waals surface area contributed by atoms with Crippen molar-refractivity contribution in [1.82, 2.24) is 0 Å². The summed E-state index contributed by atoms with van der Waals surface area (Å²) in [5.74, 6) is -0.926. The molecule has 2 aromatic carbocycles. The maximum Gasteiger partial charge on any atom is 0.350 e. The fourth-order valence-corrected chi connectivity index (χ4v) is 6.56. The number of rotatable bonds is 0. The Labute approximate surface area is 240 Å². The third kappa shape index (κ3) is 3.46. The monoisotopic (exact) mass is 574 g/mol. The molecule has 10 heteroatoms. The Morgan fingerprint density at radius 1 is 0.714 bits per heavy atom. The molecule has 9 rings (SSSR count). The normalized spacial score (nSPS) is 31.8. The zero-order valence-corrected chi connectivity index (χ0v) is 23.7. The molecule has 10 nitrogen and oxygen atoms in total. The van der Waals surface area contributed by atoms with Crippen LogP contribution in [0.5, 0.6) is 23.0 Å². The van der Waals surface area contributed by atoms with Crippen LogP contribution in [0.2, 0.25) is 0 Å². The van der Waals surface area contributed by atoms with Gasteiger partial charge in [0.25, 0.3) is 0 Å². The van der Waals surface area contributed by atoms with Crippen LogP contribution in [0.25, 0.3) is 28.0 Å². The molecule has 0 aliphatic carbocycles. The van der Waals surface area contributed by atoms with Crippen LogP contribution in [0.1, 0.15) is 45.2 Å². The van der Waals surface area contributed by atoms with Gasteiger partial charge in [-0.25, -0.2) is 0 Å². The molecule has 0 saturated carbocycles. The molecule has 2 fully saturated rings. The Morgan fingerprint density at radius 3 is 2.14 bits per heavy atom. The maximum absolute atomic E-state index is 6.60. The highest BCUT2D eigenvalue weighted by molar-refractivity contribution is 5.90. The predicted octanol–water partition coefficient (Wildman–Crippen LogP) is 6.08. The lowest BCUT2D eigenvalue weighted by molar-refractivity contribution is -0.313. The Balaban J connectivity index is 1.20. The van der Waals surface area contributed by atoms with E-state index in [1.807, 2.05) is 52.0 Å². The van der Waals surface area contributed by atoms with Gasteiger partial charge in [-0.3, -0.25) is 0 Å². The van der Waals surface area contributed by atoms with Crippen molar-refractivity contribution in [3.8, 4) is 23.0 Å². The highest BCUT2D eigenvalue weighted by atomic mass is 16.9. The average Bonchev–Trinajstić information content (AvgIpc) is 3.69. The van der Waals surface area contributed by atoms with Crippen LogP contribution < -0.4 is 18.9 Å². The van der Waals surface area contributed by atoms with Gasteiger partial charge in [0.05, 0.1) is 23.7 Å². The molecular formula is C32H30O10. The van der Waals surface area contributed by atoms with Gasteiger partial charge in [-0.2, -0.15) is 0 Å². The predicted molar refractivity (Wildman–Crippen MR) is 148 cm³/mol. The van der Waals surface area contributed by atoms with Gasteiger partial charge in [-0.15, -0.1) is 0 Å². The first kappa shape index (κ1) is 24.9. The molecule has 0 radical (unpaired) electrons. The molecule has 0 N–H and O–H groups in total. The van der Waals surface area contributed by atoms with Crippen LogP contribution in [0.15, 0.2) is 51.7 Å². The van der Waals surface area contributed by atoms with Crippen molar-refractivity contribution in [3.05, 3.63) is 54.0 Å². The van der Waals surface area contributed by atoms with E-state index in [0.29, 0.717) is 47.0 Å². The van der Waals surface area contributed by atoms with Crippen LogP contribution >= 0.6 is 0 Å². The molecule has 7 heterocycles. The third-order valence-corrected chi connectivity index (χ3v) is 8.84. The number of hydrogen-bond donors (Lipinski definition) is 0. The first-order valence-corrected chi connectivity index (χ1v) is 14.3. The SMILES string of the molecule is CC1(C)O[C@]23C=Cc4cc5ccoc5c(c4O2)OC[C@H]2O[C@@]4(CCc5cc6ccoc6c(c5O4)OC[C@H]1O3)OC2(C)C. The summed E-state index contributed by atoms with van der Waals surface area (Å²) in [6.45, 7) is 8.11. The van der Waals surface area contributed by atoms with Crippen molar-refractivity contribution in [3.63, 3.8) is 0 Å². The molecule has 2 spiro atoms. The van der Waals surface area contributed by atoms with E-state index in [1.54, 1.807) is 18.6 Å². The first-order valence-electron chi connectivity index (χ1n) is 14.3. The lowest BCUT2D eigenvalue weighted by atomic mass is 10.0. The first-order chi connectivity index (χ1) is 20.1. The third-order valence-electron chi connectivity index (χ3n) is 8.84. The number of ether oxygens (including phenoxy) is 8. The van der Waals surface area contributed by atoms with Gasteiger partial charge in [-0.1, -0.05) is 0 Å². The summed E-state index contributed by atoms with van der Waals surface area (Å²) in [7, 11) is 0.